The highest BCUT2D eigenvalue weighted by atomic mass is 19.1. The average Bonchev–Trinajstić information content (AvgIpc) is 3.05. The first-order valence-corrected chi connectivity index (χ1v) is 10.0. The fourth-order valence-corrected chi connectivity index (χ4v) is 4.27. The molecule has 10 heteroatoms. The Bertz CT molecular complexity index is 1310. The summed E-state index contributed by atoms with van der Waals surface area (Å²) in [6.07, 6.45) is 0.932. The van der Waals surface area contributed by atoms with Gasteiger partial charge in [-0.25, -0.2) is 14.4 Å². The molecule has 1 atom stereocenters. The average molecular weight is 434 g/mol. The van der Waals surface area contributed by atoms with E-state index in [2.05, 4.69) is 21.1 Å². The Kier molecular flexibility index (Phi) is 4.46. The highest BCUT2D eigenvalue weighted by molar-refractivity contribution is 6.03. The molecule has 2 aliphatic heterocycles. The van der Waals surface area contributed by atoms with Crippen molar-refractivity contribution in [2.45, 2.75) is 19.4 Å². The largest absolute Gasteiger partial charge is 0.467 e. The zero-order valence-electron chi connectivity index (χ0n) is 17.4. The number of benzene rings is 1. The van der Waals surface area contributed by atoms with Crippen molar-refractivity contribution >= 4 is 11.6 Å². The zero-order valence-corrected chi connectivity index (χ0v) is 17.4. The molecule has 4 heterocycles. The van der Waals surface area contributed by atoms with E-state index >= 15 is 0 Å². The number of halogens is 1. The van der Waals surface area contributed by atoms with Gasteiger partial charge in [0, 0.05) is 24.6 Å². The van der Waals surface area contributed by atoms with Crippen molar-refractivity contribution in [1.82, 2.24) is 19.7 Å². The van der Waals surface area contributed by atoms with Crippen molar-refractivity contribution in [1.29, 1.82) is 5.26 Å². The number of ether oxygens (including phenoxy) is 2. The van der Waals surface area contributed by atoms with Gasteiger partial charge in [-0.15, -0.1) is 0 Å². The van der Waals surface area contributed by atoms with Gasteiger partial charge >= 0.3 is 0 Å². The Balaban J connectivity index is 1.79. The van der Waals surface area contributed by atoms with Gasteiger partial charge in [-0.1, -0.05) is 0 Å². The fourth-order valence-electron chi connectivity index (χ4n) is 4.27. The van der Waals surface area contributed by atoms with Gasteiger partial charge in [-0.05, 0) is 25.1 Å². The van der Waals surface area contributed by atoms with Gasteiger partial charge in [0.05, 0.1) is 41.8 Å². The summed E-state index contributed by atoms with van der Waals surface area (Å²) >= 11 is 0. The Morgan fingerprint density at radius 1 is 1.38 bits per heavy atom. The molecule has 162 valence electrons. The summed E-state index contributed by atoms with van der Waals surface area (Å²) in [4.78, 5) is 22.4. The summed E-state index contributed by atoms with van der Waals surface area (Å²) in [6.45, 7) is 2.06. The van der Waals surface area contributed by atoms with E-state index in [1.54, 1.807) is 14.0 Å². The third-order valence-corrected chi connectivity index (χ3v) is 5.98. The maximum Gasteiger partial charge on any atom is 0.258 e. The number of nitrogen functional groups attached to an aromatic ring is 1. The lowest BCUT2D eigenvalue weighted by Crippen LogP contribution is -2.51. The molecule has 1 spiro atoms. The zero-order chi connectivity index (χ0) is 22.6. The molecular weight excluding hydrogens is 415 g/mol. The molecule has 0 aliphatic carbocycles. The van der Waals surface area contributed by atoms with Crippen LogP contribution in [0, 0.1) is 22.6 Å². The summed E-state index contributed by atoms with van der Waals surface area (Å²) < 4.78 is 27.0. The van der Waals surface area contributed by atoms with Crippen LogP contribution in [0.5, 0.6) is 5.88 Å². The Morgan fingerprint density at radius 3 is 2.84 bits per heavy atom. The van der Waals surface area contributed by atoms with E-state index in [9.17, 15) is 14.4 Å². The highest BCUT2D eigenvalue weighted by Gasteiger charge is 2.48. The van der Waals surface area contributed by atoms with Crippen molar-refractivity contribution in [3.8, 4) is 23.2 Å². The van der Waals surface area contributed by atoms with Crippen LogP contribution in [-0.2, 0) is 18.2 Å². The number of hydrogen-bond acceptors (Lipinski definition) is 8. The van der Waals surface area contributed by atoms with Gasteiger partial charge < -0.3 is 15.2 Å². The van der Waals surface area contributed by atoms with Crippen LogP contribution < -0.4 is 10.5 Å². The second kappa shape index (κ2) is 7.10. The summed E-state index contributed by atoms with van der Waals surface area (Å²) in [7, 11) is 1.65. The van der Waals surface area contributed by atoms with Crippen molar-refractivity contribution < 1.29 is 18.7 Å². The van der Waals surface area contributed by atoms with E-state index in [1.165, 1.54) is 29.1 Å². The van der Waals surface area contributed by atoms with Gasteiger partial charge in [0.1, 0.15) is 23.7 Å². The number of anilines is 1. The standard InChI is InChI=1S/C22H19FN6O3/c1-11-14-5-12(23)3-4-13(14)19(30)22(9-31-10-22)6-15-18(17(7-24)29(2)28-15)16-8-26-20(25)21(27-16)32-11/h3-5,8,11H,6,9-10H2,1-2H3,(H2,25,26)/t11-/m1/s1. The molecular formula is C22H19FN6O3. The van der Waals surface area contributed by atoms with Crippen LogP contribution in [0.25, 0.3) is 11.3 Å². The number of aromatic nitrogens is 4. The van der Waals surface area contributed by atoms with Crippen LogP contribution in [-0.4, -0.2) is 38.7 Å². The number of ketones is 1. The van der Waals surface area contributed by atoms with Gasteiger partial charge in [0.2, 0.25) is 0 Å². The smallest absolute Gasteiger partial charge is 0.258 e. The number of carbonyl (C=O) groups excluding carboxylic acids is 1. The predicted octanol–water partition coefficient (Wildman–Crippen LogP) is 2.37. The van der Waals surface area contributed by atoms with Crippen LogP contribution in [0.2, 0.25) is 0 Å². The highest BCUT2D eigenvalue weighted by Crippen LogP contribution is 2.41. The van der Waals surface area contributed by atoms with Gasteiger partial charge in [0.15, 0.2) is 11.6 Å². The molecule has 1 saturated heterocycles. The minimum atomic E-state index is -0.897. The van der Waals surface area contributed by atoms with E-state index in [1.807, 2.05) is 0 Å². The SMILES string of the molecule is C[C@H]1Oc2nc(cnc2N)-c2c(nn(C)c2C#N)CC2(COC2)C(=O)c2ccc(F)cc21. The predicted molar refractivity (Wildman–Crippen MR) is 110 cm³/mol. The van der Waals surface area contributed by atoms with E-state index < -0.39 is 17.3 Å². The Hall–Kier alpha value is -3.84. The third-order valence-electron chi connectivity index (χ3n) is 5.98. The molecule has 3 aromatic rings. The minimum Gasteiger partial charge on any atom is -0.467 e. The summed E-state index contributed by atoms with van der Waals surface area (Å²) in [5.41, 5.74) is 7.42. The number of rotatable bonds is 0. The van der Waals surface area contributed by atoms with Crippen LogP contribution in [0.4, 0.5) is 10.2 Å². The number of nitriles is 1. The number of carbonyl (C=O) groups is 1. The first-order valence-electron chi connectivity index (χ1n) is 10.0. The summed E-state index contributed by atoms with van der Waals surface area (Å²) in [6, 6.07) is 6.14. The number of nitrogens with two attached hydrogens (primary N) is 1. The van der Waals surface area contributed by atoms with Crippen molar-refractivity contribution in [3.63, 3.8) is 0 Å². The van der Waals surface area contributed by atoms with Crippen LogP contribution in [0.3, 0.4) is 0 Å². The molecule has 9 nitrogen and oxygen atoms in total. The molecule has 5 rings (SSSR count). The molecule has 0 amide bonds. The maximum absolute atomic E-state index is 14.1. The minimum absolute atomic E-state index is 0.0265. The van der Waals surface area contributed by atoms with E-state index in [-0.39, 0.29) is 42.8 Å². The Morgan fingerprint density at radius 2 is 2.16 bits per heavy atom. The van der Waals surface area contributed by atoms with Gasteiger partial charge in [0.25, 0.3) is 5.88 Å². The number of aryl methyl sites for hydroxylation is 1. The molecule has 2 N–H and O–H groups in total. The third kappa shape index (κ3) is 2.93. The van der Waals surface area contributed by atoms with Crippen LogP contribution in [0.1, 0.15) is 40.3 Å². The number of Topliss-reactive ketones (excluding diaryl/α,β-unsaturated/α-hetero) is 1. The summed E-state index contributed by atoms with van der Waals surface area (Å²) in [5.74, 6) is -0.613. The van der Waals surface area contributed by atoms with Crippen LogP contribution >= 0.6 is 0 Å². The lowest BCUT2D eigenvalue weighted by Gasteiger charge is -2.40. The molecule has 1 fully saturated rings. The molecule has 2 bridgehead atoms. The fraction of sp³-hybridized carbons (Fsp3) is 0.318. The molecule has 0 radical (unpaired) electrons. The molecule has 1 aromatic carbocycles. The first kappa shape index (κ1) is 20.1. The number of hydrogen-bond donors (Lipinski definition) is 1. The second-order valence-electron chi connectivity index (χ2n) is 8.12. The molecule has 0 unspecified atom stereocenters. The molecule has 0 saturated carbocycles. The maximum atomic E-state index is 14.1. The normalized spacial score (nSPS) is 18.9. The van der Waals surface area contributed by atoms with Gasteiger partial charge in [-0.2, -0.15) is 10.4 Å². The topological polar surface area (TPSA) is 129 Å². The molecule has 2 aliphatic rings. The van der Waals surface area contributed by atoms with E-state index in [0.29, 0.717) is 28.1 Å². The molecule has 32 heavy (non-hydrogen) atoms. The van der Waals surface area contributed by atoms with Crippen LogP contribution in [0.15, 0.2) is 24.4 Å². The van der Waals surface area contributed by atoms with Gasteiger partial charge in [-0.3, -0.25) is 9.48 Å². The van der Waals surface area contributed by atoms with Crippen molar-refractivity contribution in [3.05, 3.63) is 52.7 Å². The van der Waals surface area contributed by atoms with E-state index in [4.69, 9.17) is 15.2 Å². The second-order valence-corrected chi connectivity index (χ2v) is 8.12. The lowest BCUT2D eigenvalue weighted by atomic mass is 9.73. The van der Waals surface area contributed by atoms with E-state index in [0.717, 1.165) is 0 Å². The molecule has 2 aromatic heterocycles. The first-order chi connectivity index (χ1) is 15.3. The summed E-state index contributed by atoms with van der Waals surface area (Å²) in [5, 5.41) is 14.3. The number of nitrogens with zero attached hydrogens (tertiary/aromatic N) is 5. The Labute approximate surface area is 182 Å². The lowest BCUT2D eigenvalue weighted by molar-refractivity contribution is -0.0870. The quantitative estimate of drug-likeness (QED) is 0.571. The monoisotopic (exact) mass is 434 g/mol. The number of fused-ring (bicyclic) bond motifs is 5. The van der Waals surface area contributed by atoms with Crippen molar-refractivity contribution in [2.24, 2.45) is 12.5 Å². The van der Waals surface area contributed by atoms with Crippen molar-refractivity contribution in [2.75, 3.05) is 18.9 Å².